The first-order valence-corrected chi connectivity index (χ1v) is 8.36. The topological polar surface area (TPSA) is 41.5 Å². The van der Waals surface area contributed by atoms with Crippen LogP contribution in [0.3, 0.4) is 0 Å². The lowest BCUT2D eigenvalue weighted by Crippen LogP contribution is -2.42. The summed E-state index contributed by atoms with van der Waals surface area (Å²) in [5.74, 6) is 1.04. The molecule has 1 aliphatic rings. The molecule has 122 valence electrons. The Kier molecular flexibility index (Phi) is 4.99. The number of ether oxygens (including phenoxy) is 1. The fraction of sp³-hybridized carbons (Fsp3) is 0.400. The van der Waals surface area contributed by atoms with Crippen molar-refractivity contribution in [3.05, 3.63) is 65.7 Å². The van der Waals surface area contributed by atoms with Crippen molar-refractivity contribution in [3.8, 4) is 5.75 Å². The van der Waals surface area contributed by atoms with E-state index in [1.807, 2.05) is 61.5 Å². The van der Waals surface area contributed by atoms with Gasteiger partial charge in [0, 0.05) is 12.5 Å². The zero-order chi connectivity index (χ0) is 16.1. The zero-order valence-corrected chi connectivity index (χ0v) is 13.7. The van der Waals surface area contributed by atoms with Crippen LogP contribution in [0.15, 0.2) is 54.6 Å². The van der Waals surface area contributed by atoms with Gasteiger partial charge in [-0.2, -0.15) is 0 Å². The highest BCUT2D eigenvalue weighted by molar-refractivity contribution is 5.33. The van der Waals surface area contributed by atoms with Crippen molar-refractivity contribution in [2.75, 3.05) is 13.1 Å². The lowest BCUT2D eigenvalue weighted by Gasteiger charge is -2.36. The molecule has 3 nitrogen and oxygen atoms in total. The van der Waals surface area contributed by atoms with Gasteiger partial charge in [0.25, 0.3) is 0 Å². The van der Waals surface area contributed by atoms with Gasteiger partial charge in [0.1, 0.15) is 12.4 Å². The summed E-state index contributed by atoms with van der Waals surface area (Å²) in [6, 6.07) is 18.0. The van der Waals surface area contributed by atoms with Crippen molar-refractivity contribution in [2.45, 2.75) is 32.0 Å². The van der Waals surface area contributed by atoms with Crippen molar-refractivity contribution < 1.29 is 9.84 Å². The van der Waals surface area contributed by atoms with Crippen LogP contribution in [0.1, 0.15) is 30.9 Å². The molecule has 23 heavy (non-hydrogen) atoms. The number of hydrogen-bond acceptors (Lipinski definition) is 3. The molecule has 2 atom stereocenters. The van der Waals surface area contributed by atoms with Crippen molar-refractivity contribution in [3.63, 3.8) is 0 Å². The van der Waals surface area contributed by atoms with Gasteiger partial charge in [-0.1, -0.05) is 42.5 Å². The maximum absolute atomic E-state index is 11.0. The fourth-order valence-electron chi connectivity index (χ4n) is 3.21. The van der Waals surface area contributed by atoms with E-state index in [-0.39, 0.29) is 5.92 Å². The summed E-state index contributed by atoms with van der Waals surface area (Å²) >= 11 is 0. The molecule has 2 aromatic carbocycles. The molecule has 0 amide bonds. The minimum absolute atomic E-state index is 0.237. The van der Waals surface area contributed by atoms with Crippen LogP contribution in [-0.2, 0) is 12.2 Å². The highest BCUT2D eigenvalue weighted by atomic mass is 16.5. The average molecular weight is 311 g/mol. The average Bonchev–Trinajstić information content (AvgIpc) is 2.62. The lowest BCUT2D eigenvalue weighted by molar-refractivity contribution is -0.0158. The van der Waals surface area contributed by atoms with E-state index in [4.69, 9.17) is 4.74 Å². The van der Waals surface area contributed by atoms with E-state index in [2.05, 4.69) is 5.32 Å². The van der Waals surface area contributed by atoms with Crippen LogP contribution >= 0.6 is 0 Å². The molecule has 2 aromatic rings. The maximum Gasteiger partial charge on any atom is 0.120 e. The molecule has 1 aliphatic heterocycles. The number of aliphatic hydroxyl groups is 1. The Labute approximate surface area is 138 Å². The van der Waals surface area contributed by atoms with Crippen LogP contribution in [0.4, 0.5) is 0 Å². The molecule has 0 bridgehead atoms. The molecular weight excluding hydrogens is 286 g/mol. The molecule has 0 saturated carbocycles. The lowest BCUT2D eigenvalue weighted by atomic mass is 9.79. The Morgan fingerprint density at radius 3 is 2.74 bits per heavy atom. The Hall–Kier alpha value is -1.84. The third-order valence-electron chi connectivity index (χ3n) is 4.76. The molecule has 0 radical (unpaired) electrons. The monoisotopic (exact) mass is 311 g/mol. The highest BCUT2D eigenvalue weighted by Gasteiger charge is 2.34. The van der Waals surface area contributed by atoms with Crippen LogP contribution < -0.4 is 10.1 Å². The van der Waals surface area contributed by atoms with Crippen LogP contribution in [0, 0.1) is 5.92 Å². The van der Waals surface area contributed by atoms with Gasteiger partial charge in [0.05, 0.1) is 5.60 Å². The summed E-state index contributed by atoms with van der Waals surface area (Å²) in [7, 11) is 0. The Morgan fingerprint density at radius 2 is 2.00 bits per heavy atom. The second-order valence-electron chi connectivity index (χ2n) is 6.49. The largest absolute Gasteiger partial charge is 0.489 e. The summed E-state index contributed by atoms with van der Waals surface area (Å²) in [5.41, 5.74) is 1.23. The number of piperidine rings is 1. The van der Waals surface area contributed by atoms with Crippen molar-refractivity contribution in [2.24, 2.45) is 5.92 Å². The van der Waals surface area contributed by atoms with Crippen LogP contribution in [-0.4, -0.2) is 18.2 Å². The van der Waals surface area contributed by atoms with Gasteiger partial charge in [0.15, 0.2) is 0 Å². The van der Waals surface area contributed by atoms with Crippen LogP contribution in [0.5, 0.6) is 5.75 Å². The molecular formula is C20H25NO2. The Bertz CT molecular complexity index is 619. The minimum Gasteiger partial charge on any atom is -0.489 e. The summed E-state index contributed by atoms with van der Waals surface area (Å²) < 4.78 is 5.89. The molecule has 0 spiro atoms. The van der Waals surface area contributed by atoms with E-state index >= 15 is 0 Å². The number of hydrogen-bond donors (Lipinski definition) is 2. The van der Waals surface area contributed by atoms with Gasteiger partial charge in [-0.25, -0.2) is 0 Å². The summed E-state index contributed by atoms with van der Waals surface area (Å²) in [5, 5.41) is 14.4. The van der Waals surface area contributed by atoms with E-state index < -0.39 is 5.60 Å². The highest BCUT2D eigenvalue weighted by Crippen LogP contribution is 2.34. The predicted octanol–water partition coefficient (Wildman–Crippen LogP) is 3.47. The standard InChI is InChI=1S/C20H25NO2/c1-20(22,18-10-6-12-21-14-18)17-9-5-11-19(13-17)23-15-16-7-3-2-4-8-16/h2-5,7-9,11,13,18,21-22H,6,10,12,14-15H2,1H3. The minimum atomic E-state index is -0.834. The second kappa shape index (κ2) is 7.16. The van der Waals surface area contributed by atoms with Gasteiger partial charge < -0.3 is 15.2 Å². The summed E-state index contributed by atoms with van der Waals surface area (Å²) in [4.78, 5) is 0. The molecule has 1 saturated heterocycles. The summed E-state index contributed by atoms with van der Waals surface area (Å²) in [6.07, 6.45) is 2.17. The Morgan fingerprint density at radius 1 is 1.17 bits per heavy atom. The fourth-order valence-corrected chi connectivity index (χ4v) is 3.21. The number of benzene rings is 2. The van der Waals surface area contributed by atoms with E-state index in [0.29, 0.717) is 6.61 Å². The van der Waals surface area contributed by atoms with Gasteiger partial charge in [0.2, 0.25) is 0 Å². The van der Waals surface area contributed by atoms with E-state index in [9.17, 15) is 5.11 Å². The smallest absolute Gasteiger partial charge is 0.120 e. The molecule has 3 heteroatoms. The van der Waals surface area contributed by atoms with E-state index in [1.165, 1.54) is 0 Å². The SMILES string of the molecule is CC(O)(c1cccc(OCc2ccccc2)c1)C1CCCNC1. The first kappa shape index (κ1) is 16.0. The summed E-state index contributed by atoms with van der Waals surface area (Å²) in [6.45, 7) is 4.37. The molecule has 1 fully saturated rings. The van der Waals surface area contributed by atoms with Gasteiger partial charge in [-0.15, -0.1) is 0 Å². The van der Waals surface area contributed by atoms with Crippen LogP contribution in [0.2, 0.25) is 0 Å². The third-order valence-corrected chi connectivity index (χ3v) is 4.76. The Balaban J connectivity index is 1.71. The predicted molar refractivity (Wildman–Crippen MR) is 92.4 cm³/mol. The molecule has 0 aromatic heterocycles. The number of nitrogens with one attached hydrogen (secondary N) is 1. The third kappa shape index (κ3) is 3.92. The maximum atomic E-state index is 11.0. The van der Waals surface area contributed by atoms with Crippen molar-refractivity contribution >= 4 is 0 Å². The van der Waals surface area contributed by atoms with Gasteiger partial charge in [-0.05, 0) is 49.6 Å². The molecule has 0 aliphatic carbocycles. The zero-order valence-electron chi connectivity index (χ0n) is 13.7. The van der Waals surface area contributed by atoms with E-state index in [1.54, 1.807) is 0 Å². The van der Waals surface area contributed by atoms with Crippen molar-refractivity contribution in [1.29, 1.82) is 0 Å². The molecule has 2 unspecified atom stereocenters. The molecule has 3 rings (SSSR count). The van der Waals surface area contributed by atoms with Gasteiger partial charge >= 0.3 is 0 Å². The first-order chi connectivity index (χ1) is 11.2. The molecule has 1 heterocycles. The molecule has 2 N–H and O–H groups in total. The van der Waals surface area contributed by atoms with Crippen molar-refractivity contribution in [1.82, 2.24) is 5.32 Å². The first-order valence-electron chi connectivity index (χ1n) is 8.36. The number of rotatable bonds is 5. The van der Waals surface area contributed by atoms with E-state index in [0.717, 1.165) is 42.8 Å². The normalized spacial score (nSPS) is 20.7. The second-order valence-corrected chi connectivity index (χ2v) is 6.49. The van der Waals surface area contributed by atoms with Gasteiger partial charge in [-0.3, -0.25) is 0 Å². The van der Waals surface area contributed by atoms with Crippen LogP contribution in [0.25, 0.3) is 0 Å². The quantitative estimate of drug-likeness (QED) is 0.888.